The first-order chi connectivity index (χ1) is 11.9. The van der Waals surface area contributed by atoms with Crippen LogP contribution in [0.1, 0.15) is 53.7 Å². The summed E-state index contributed by atoms with van der Waals surface area (Å²) in [5.74, 6) is 0.313. The van der Waals surface area contributed by atoms with Gasteiger partial charge in [0.05, 0.1) is 11.7 Å². The Balaban J connectivity index is 2.16. The summed E-state index contributed by atoms with van der Waals surface area (Å²) < 4.78 is 16.2. The Kier molecular flexibility index (Phi) is 5.53. The normalized spacial score (nSPS) is 18.0. The first-order valence-corrected chi connectivity index (χ1v) is 8.79. The number of carbonyl (C=O) groups excluding carboxylic acids is 2. The molecule has 1 saturated heterocycles. The number of ether oxygens (including phenoxy) is 2. The molecule has 1 aromatic rings. The molecule has 2 rings (SSSR count). The number of anilines is 1. The Bertz CT molecular complexity index is 657. The molecule has 1 aliphatic heterocycles. The lowest BCUT2D eigenvalue weighted by atomic mass is 10.2. The molecular formula is C18H29N3O5. The predicted octanol–water partition coefficient (Wildman–Crippen LogP) is 3.73. The smallest absolute Gasteiger partial charge is 0.417 e. The number of carbonyl (C=O) groups is 2. The second kappa shape index (κ2) is 7.17. The van der Waals surface area contributed by atoms with Crippen molar-refractivity contribution in [2.45, 2.75) is 72.1 Å². The number of likely N-dealkylation sites (tertiary alicyclic amines) is 1. The van der Waals surface area contributed by atoms with Crippen LogP contribution in [0.25, 0.3) is 0 Å². The molecule has 0 bridgehead atoms. The fraction of sp³-hybridized carbons (Fsp3) is 0.722. The number of rotatable bonds is 2. The van der Waals surface area contributed by atoms with Gasteiger partial charge in [0.15, 0.2) is 0 Å². The molecule has 0 saturated carbocycles. The van der Waals surface area contributed by atoms with Crippen LogP contribution in [0, 0.1) is 6.92 Å². The van der Waals surface area contributed by atoms with E-state index in [9.17, 15) is 9.59 Å². The van der Waals surface area contributed by atoms with E-state index in [1.165, 1.54) is 4.90 Å². The first-order valence-electron chi connectivity index (χ1n) is 8.79. The van der Waals surface area contributed by atoms with Gasteiger partial charge in [0.2, 0.25) is 5.88 Å². The zero-order valence-electron chi connectivity index (χ0n) is 16.7. The van der Waals surface area contributed by atoms with Gasteiger partial charge in [-0.3, -0.25) is 0 Å². The van der Waals surface area contributed by atoms with Crippen molar-refractivity contribution in [3.63, 3.8) is 0 Å². The molecule has 8 nitrogen and oxygen atoms in total. The minimum absolute atomic E-state index is 0.273. The molecule has 1 aliphatic rings. The SMILES string of the molecule is Cc1cc(N(C(=O)OC(C)(C)C)C2CCN(C(=O)OC(C)(C)C)C2)on1. The van der Waals surface area contributed by atoms with Crippen molar-refractivity contribution in [1.82, 2.24) is 10.1 Å². The van der Waals surface area contributed by atoms with Crippen molar-refractivity contribution in [2.24, 2.45) is 0 Å². The minimum atomic E-state index is -0.645. The number of aromatic nitrogens is 1. The van der Waals surface area contributed by atoms with Crippen LogP contribution in [0.4, 0.5) is 15.5 Å². The van der Waals surface area contributed by atoms with Crippen molar-refractivity contribution in [3.05, 3.63) is 11.8 Å². The van der Waals surface area contributed by atoms with Crippen molar-refractivity contribution >= 4 is 18.1 Å². The lowest BCUT2D eigenvalue weighted by Gasteiger charge is -2.29. The number of nitrogens with zero attached hydrogens (tertiary/aromatic N) is 3. The highest BCUT2D eigenvalue weighted by Gasteiger charge is 2.39. The highest BCUT2D eigenvalue weighted by molar-refractivity contribution is 5.87. The van der Waals surface area contributed by atoms with Crippen LogP contribution in [0.15, 0.2) is 10.6 Å². The Hall–Kier alpha value is -2.25. The van der Waals surface area contributed by atoms with Crippen molar-refractivity contribution in [3.8, 4) is 0 Å². The maximum atomic E-state index is 12.7. The summed E-state index contributed by atoms with van der Waals surface area (Å²) in [6.07, 6.45) is -0.319. The highest BCUT2D eigenvalue weighted by atomic mass is 16.6. The monoisotopic (exact) mass is 367 g/mol. The average Bonchev–Trinajstić information content (AvgIpc) is 3.05. The number of amides is 2. The maximum absolute atomic E-state index is 12.7. The number of hydrogen-bond donors (Lipinski definition) is 0. The molecule has 2 amide bonds. The topological polar surface area (TPSA) is 85.1 Å². The van der Waals surface area contributed by atoms with Gasteiger partial charge < -0.3 is 18.9 Å². The molecule has 2 heterocycles. The van der Waals surface area contributed by atoms with Gasteiger partial charge in [0, 0.05) is 19.2 Å². The second-order valence-electron chi connectivity index (χ2n) is 8.53. The van der Waals surface area contributed by atoms with Gasteiger partial charge in [-0.2, -0.15) is 0 Å². The van der Waals surface area contributed by atoms with Crippen LogP contribution in [-0.4, -0.2) is 52.6 Å². The van der Waals surface area contributed by atoms with Gasteiger partial charge in [-0.15, -0.1) is 0 Å². The van der Waals surface area contributed by atoms with Gasteiger partial charge in [-0.25, -0.2) is 14.5 Å². The molecule has 0 N–H and O–H groups in total. The summed E-state index contributed by atoms with van der Waals surface area (Å²) in [6.45, 7) is 13.5. The summed E-state index contributed by atoms with van der Waals surface area (Å²) in [6, 6.07) is 1.41. The summed E-state index contributed by atoms with van der Waals surface area (Å²) >= 11 is 0. The van der Waals surface area contributed by atoms with E-state index in [0.29, 0.717) is 31.1 Å². The van der Waals surface area contributed by atoms with Crippen LogP contribution in [0.2, 0.25) is 0 Å². The quantitative estimate of drug-likeness (QED) is 0.792. The summed E-state index contributed by atoms with van der Waals surface area (Å²) in [5, 5.41) is 3.86. The van der Waals surface area contributed by atoms with Crippen LogP contribution < -0.4 is 4.90 Å². The summed E-state index contributed by atoms with van der Waals surface area (Å²) in [4.78, 5) is 28.1. The summed E-state index contributed by atoms with van der Waals surface area (Å²) in [7, 11) is 0. The Morgan fingerprint density at radius 3 is 2.31 bits per heavy atom. The van der Waals surface area contributed by atoms with Gasteiger partial charge in [0.1, 0.15) is 11.2 Å². The number of hydrogen-bond acceptors (Lipinski definition) is 6. The molecule has 0 radical (unpaired) electrons. The van der Waals surface area contributed by atoms with E-state index >= 15 is 0 Å². The third-order valence-corrected chi connectivity index (χ3v) is 3.62. The van der Waals surface area contributed by atoms with Gasteiger partial charge in [0.25, 0.3) is 0 Å². The third kappa shape index (κ3) is 5.37. The van der Waals surface area contributed by atoms with Crippen molar-refractivity contribution < 1.29 is 23.6 Å². The van der Waals surface area contributed by atoms with Crippen LogP contribution in [-0.2, 0) is 9.47 Å². The lowest BCUT2D eigenvalue weighted by Crippen LogP contribution is -2.45. The molecule has 1 atom stereocenters. The number of aryl methyl sites for hydroxylation is 1. The molecule has 1 aromatic heterocycles. The van der Waals surface area contributed by atoms with Crippen LogP contribution in [0.3, 0.4) is 0 Å². The van der Waals surface area contributed by atoms with Crippen LogP contribution in [0.5, 0.6) is 0 Å². The molecule has 0 spiro atoms. The Labute approximate surface area is 154 Å². The van der Waals surface area contributed by atoms with E-state index in [0.717, 1.165) is 0 Å². The van der Waals surface area contributed by atoms with Gasteiger partial charge in [-0.1, -0.05) is 5.16 Å². The molecule has 1 unspecified atom stereocenters. The fourth-order valence-corrected chi connectivity index (χ4v) is 2.64. The predicted molar refractivity (Wildman–Crippen MR) is 96.2 cm³/mol. The van der Waals surface area contributed by atoms with Gasteiger partial charge >= 0.3 is 12.2 Å². The standard InChI is InChI=1S/C18H29N3O5/c1-12-10-14(26-19-12)21(16(23)25-18(5,6)7)13-8-9-20(11-13)15(22)24-17(2,3)4/h10,13H,8-9,11H2,1-7H3. The second-order valence-corrected chi connectivity index (χ2v) is 8.53. The minimum Gasteiger partial charge on any atom is -0.444 e. The zero-order valence-corrected chi connectivity index (χ0v) is 16.7. The molecule has 0 aliphatic carbocycles. The molecule has 26 heavy (non-hydrogen) atoms. The van der Waals surface area contributed by atoms with E-state index < -0.39 is 23.4 Å². The zero-order chi connectivity index (χ0) is 19.7. The van der Waals surface area contributed by atoms with E-state index in [1.807, 2.05) is 20.8 Å². The van der Waals surface area contributed by atoms with Crippen molar-refractivity contribution in [1.29, 1.82) is 0 Å². The highest BCUT2D eigenvalue weighted by Crippen LogP contribution is 2.27. The van der Waals surface area contributed by atoms with Gasteiger partial charge in [-0.05, 0) is 54.9 Å². The Morgan fingerprint density at radius 2 is 1.81 bits per heavy atom. The maximum Gasteiger partial charge on any atom is 0.417 e. The average molecular weight is 367 g/mol. The lowest BCUT2D eigenvalue weighted by molar-refractivity contribution is 0.0287. The molecule has 8 heteroatoms. The third-order valence-electron chi connectivity index (χ3n) is 3.62. The van der Waals surface area contributed by atoms with E-state index in [1.54, 1.807) is 38.7 Å². The Morgan fingerprint density at radius 1 is 1.19 bits per heavy atom. The van der Waals surface area contributed by atoms with Crippen LogP contribution >= 0.6 is 0 Å². The molecule has 0 aromatic carbocycles. The first kappa shape index (κ1) is 20.1. The molecule has 1 fully saturated rings. The molecular weight excluding hydrogens is 338 g/mol. The largest absolute Gasteiger partial charge is 0.444 e. The van der Waals surface area contributed by atoms with Crippen molar-refractivity contribution in [2.75, 3.05) is 18.0 Å². The summed E-state index contributed by atoms with van der Waals surface area (Å²) in [5.41, 5.74) is -0.550. The van der Waals surface area contributed by atoms with E-state index in [2.05, 4.69) is 5.16 Å². The fourth-order valence-electron chi connectivity index (χ4n) is 2.64. The molecule has 146 valence electrons. The van der Waals surface area contributed by atoms with E-state index in [-0.39, 0.29) is 6.04 Å². The van der Waals surface area contributed by atoms with E-state index in [4.69, 9.17) is 14.0 Å².